The van der Waals surface area contributed by atoms with E-state index in [9.17, 15) is 4.79 Å². The van der Waals surface area contributed by atoms with E-state index in [1.165, 1.54) is 0 Å². The topological polar surface area (TPSA) is 91.6 Å². The number of hydrogen-bond acceptors (Lipinski definition) is 7. The third-order valence-electron chi connectivity index (χ3n) is 6.49. The molecule has 3 aliphatic rings. The van der Waals surface area contributed by atoms with Crippen molar-refractivity contribution in [2.75, 3.05) is 5.32 Å². The Morgan fingerprint density at radius 1 is 1.16 bits per heavy atom. The van der Waals surface area contributed by atoms with Crippen molar-refractivity contribution >= 4 is 17.4 Å². The second-order valence-electron chi connectivity index (χ2n) is 9.19. The van der Waals surface area contributed by atoms with E-state index >= 15 is 0 Å². The Morgan fingerprint density at radius 2 is 1.97 bits per heavy atom. The largest absolute Gasteiger partial charge is 0.362 e. The van der Waals surface area contributed by atoms with Gasteiger partial charge < -0.3 is 10.6 Å². The van der Waals surface area contributed by atoms with Crippen LogP contribution in [0.3, 0.4) is 0 Å². The van der Waals surface area contributed by atoms with Crippen LogP contribution in [-0.4, -0.2) is 21.9 Å². The Bertz CT molecular complexity index is 1130. The van der Waals surface area contributed by atoms with E-state index in [0.29, 0.717) is 12.4 Å². The maximum Gasteiger partial charge on any atom is 0.227 e. The Hall–Kier alpha value is -3.35. The van der Waals surface area contributed by atoms with Crippen molar-refractivity contribution in [3.63, 3.8) is 0 Å². The number of ketones is 1. The van der Waals surface area contributed by atoms with Crippen molar-refractivity contribution in [3.05, 3.63) is 71.3 Å². The highest BCUT2D eigenvalue weighted by molar-refractivity contribution is 6.01. The summed E-state index contributed by atoms with van der Waals surface area (Å²) in [6, 6.07) is 9.97. The standard InChI is InChI=1S/C24H26N6O/c1-4-24(15-7-5-8-16(11-15)28-22-25-9-6-10-26-22)17-14-27-30-21(17)29-18-12-23(2,3)13-19(31)20(18)24/h5-11,14,21,29H,4,12-13H2,1-3H3,(H,25,26,28)/t21?,24-/m0/s1. The number of rotatable bonds is 4. The first kappa shape index (κ1) is 19.6. The van der Waals surface area contributed by atoms with Crippen LogP contribution >= 0.6 is 0 Å². The summed E-state index contributed by atoms with van der Waals surface area (Å²) in [5.41, 5.74) is 4.22. The molecule has 7 heteroatoms. The van der Waals surface area contributed by atoms with Gasteiger partial charge in [0.2, 0.25) is 5.95 Å². The van der Waals surface area contributed by atoms with E-state index in [0.717, 1.165) is 40.9 Å². The summed E-state index contributed by atoms with van der Waals surface area (Å²) in [5, 5.41) is 15.4. The van der Waals surface area contributed by atoms with Crippen molar-refractivity contribution in [1.29, 1.82) is 0 Å². The number of nitrogens with zero attached hydrogens (tertiary/aromatic N) is 4. The minimum atomic E-state index is -0.558. The number of anilines is 2. The van der Waals surface area contributed by atoms with Gasteiger partial charge in [-0.25, -0.2) is 9.97 Å². The molecule has 5 rings (SSSR count). The monoisotopic (exact) mass is 414 g/mol. The molecule has 3 heterocycles. The van der Waals surface area contributed by atoms with E-state index < -0.39 is 5.41 Å². The number of carbonyl (C=O) groups excluding carboxylic acids is 1. The van der Waals surface area contributed by atoms with Gasteiger partial charge in [-0.05, 0) is 42.0 Å². The molecule has 0 fully saturated rings. The van der Waals surface area contributed by atoms with Crippen molar-refractivity contribution in [3.8, 4) is 0 Å². The van der Waals surface area contributed by atoms with Crippen LogP contribution in [0.15, 0.2) is 76.0 Å². The molecule has 0 radical (unpaired) electrons. The average Bonchev–Trinajstić information content (AvgIpc) is 3.21. The number of hydrogen-bond donors (Lipinski definition) is 2. The Morgan fingerprint density at radius 3 is 2.74 bits per heavy atom. The molecule has 2 atom stereocenters. The predicted molar refractivity (Wildman–Crippen MR) is 119 cm³/mol. The van der Waals surface area contributed by atoms with Crippen LogP contribution in [0.1, 0.15) is 45.6 Å². The van der Waals surface area contributed by atoms with Crippen LogP contribution in [0.25, 0.3) is 0 Å². The number of carbonyl (C=O) groups is 1. The smallest absolute Gasteiger partial charge is 0.227 e. The number of fused-ring (bicyclic) bond motifs is 1. The Kier molecular flexibility index (Phi) is 4.50. The molecule has 7 nitrogen and oxygen atoms in total. The van der Waals surface area contributed by atoms with Gasteiger partial charge in [0.25, 0.3) is 0 Å². The van der Waals surface area contributed by atoms with Crippen LogP contribution in [0.4, 0.5) is 11.6 Å². The molecule has 0 spiro atoms. The Labute approximate surface area is 181 Å². The van der Waals surface area contributed by atoms with Gasteiger partial charge in [-0.3, -0.25) is 4.79 Å². The SMILES string of the molecule is CC[C@]1(c2cccc(Nc3ncccn3)c2)C2=CN=NC2NC2=C1C(=O)CC(C)(C)C2. The molecule has 31 heavy (non-hydrogen) atoms. The lowest BCUT2D eigenvalue weighted by Gasteiger charge is -2.47. The predicted octanol–water partition coefficient (Wildman–Crippen LogP) is 4.79. The summed E-state index contributed by atoms with van der Waals surface area (Å²) in [6.07, 6.45) is 7.12. The number of aromatic nitrogens is 2. The molecule has 0 saturated heterocycles. The molecule has 1 aromatic carbocycles. The molecule has 2 aliphatic heterocycles. The minimum Gasteiger partial charge on any atom is -0.362 e. The summed E-state index contributed by atoms with van der Waals surface area (Å²) in [6.45, 7) is 6.44. The molecular formula is C24H26N6O. The van der Waals surface area contributed by atoms with Gasteiger partial charge in [0.05, 0.1) is 11.6 Å². The molecular weight excluding hydrogens is 388 g/mol. The number of azo groups is 1. The molecule has 1 unspecified atom stereocenters. The molecule has 158 valence electrons. The van der Waals surface area contributed by atoms with E-state index in [1.54, 1.807) is 18.5 Å². The number of benzene rings is 1. The number of allylic oxidation sites excluding steroid dienone is 2. The number of nitrogens with one attached hydrogen (secondary N) is 2. The third kappa shape index (κ3) is 3.15. The highest BCUT2D eigenvalue weighted by Gasteiger charge is 2.52. The molecule has 0 bridgehead atoms. The molecule has 2 aromatic rings. The zero-order valence-electron chi connectivity index (χ0n) is 18.0. The Balaban J connectivity index is 1.66. The summed E-state index contributed by atoms with van der Waals surface area (Å²) in [5.74, 6) is 0.741. The second-order valence-corrected chi connectivity index (χ2v) is 9.19. The van der Waals surface area contributed by atoms with Crippen LogP contribution in [0, 0.1) is 5.41 Å². The van der Waals surface area contributed by atoms with Crippen molar-refractivity contribution in [2.24, 2.45) is 15.6 Å². The number of Topliss-reactive ketones (excluding diaryl/α,β-unsaturated/α-hetero) is 1. The van der Waals surface area contributed by atoms with Crippen molar-refractivity contribution in [2.45, 2.75) is 51.6 Å². The fourth-order valence-corrected chi connectivity index (χ4v) is 5.25. The van der Waals surface area contributed by atoms with Gasteiger partial charge in [0, 0.05) is 41.3 Å². The van der Waals surface area contributed by atoms with Crippen LogP contribution in [0.2, 0.25) is 0 Å². The second kappa shape index (κ2) is 7.11. The van der Waals surface area contributed by atoms with E-state index in [-0.39, 0.29) is 17.4 Å². The van der Waals surface area contributed by atoms with Gasteiger partial charge >= 0.3 is 0 Å². The van der Waals surface area contributed by atoms with Gasteiger partial charge in [-0.1, -0.05) is 32.9 Å². The molecule has 1 aliphatic carbocycles. The maximum absolute atomic E-state index is 13.5. The molecule has 0 saturated carbocycles. The lowest BCUT2D eigenvalue weighted by Crippen LogP contribution is -2.51. The quantitative estimate of drug-likeness (QED) is 0.750. The normalized spacial score (nSPS) is 26.1. The average molecular weight is 415 g/mol. The molecule has 1 aromatic heterocycles. The highest BCUT2D eigenvalue weighted by atomic mass is 16.1. The fraction of sp³-hybridized carbons (Fsp3) is 0.375. The van der Waals surface area contributed by atoms with Gasteiger partial charge in [-0.15, -0.1) is 0 Å². The summed E-state index contributed by atoms with van der Waals surface area (Å²) in [7, 11) is 0. The highest BCUT2D eigenvalue weighted by Crippen LogP contribution is 2.53. The zero-order chi connectivity index (χ0) is 21.6. The first-order valence-electron chi connectivity index (χ1n) is 10.7. The van der Waals surface area contributed by atoms with Crippen molar-refractivity contribution in [1.82, 2.24) is 15.3 Å². The minimum absolute atomic E-state index is 0.0760. The van der Waals surface area contributed by atoms with Gasteiger partial charge in [-0.2, -0.15) is 10.2 Å². The molecule has 0 amide bonds. The van der Waals surface area contributed by atoms with Crippen LogP contribution < -0.4 is 10.6 Å². The zero-order valence-corrected chi connectivity index (χ0v) is 18.0. The van der Waals surface area contributed by atoms with E-state index in [2.05, 4.69) is 63.7 Å². The van der Waals surface area contributed by atoms with E-state index in [1.807, 2.05) is 18.3 Å². The van der Waals surface area contributed by atoms with Gasteiger partial charge in [0.15, 0.2) is 11.9 Å². The maximum atomic E-state index is 13.5. The third-order valence-corrected chi connectivity index (χ3v) is 6.49. The van der Waals surface area contributed by atoms with Gasteiger partial charge in [0.1, 0.15) is 0 Å². The van der Waals surface area contributed by atoms with E-state index in [4.69, 9.17) is 0 Å². The summed E-state index contributed by atoms with van der Waals surface area (Å²) >= 11 is 0. The van der Waals surface area contributed by atoms with Crippen molar-refractivity contribution < 1.29 is 4.79 Å². The summed E-state index contributed by atoms with van der Waals surface area (Å²) in [4.78, 5) is 22.1. The molecule has 2 N–H and O–H groups in total. The first-order valence-corrected chi connectivity index (χ1v) is 10.7. The summed E-state index contributed by atoms with van der Waals surface area (Å²) < 4.78 is 0. The van der Waals surface area contributed by atoms with Crippen LogP contribution in [0.5, 0.6) is 0 Å². The fourth-order valence-electron chi connectivity index (χ4n) is 5.25. The lowest BCUT2D eigenvalue weighted by molar-refractivity contribution is -0.119. The lowest BCUT2D eigenvalue weighted by atomic mass is 9.59. The first-order chi connectivity index (χ1) is 14.9. The van der Waals surface area contributed by atoms with Crippen LogP contribution in [-0.2, 0) is 10.2 Å².